The fraction of sp³-hybridized carbons (Fsp3) is 0.308. The van der Waals surface area contributed by atoms with Crippen molar-refractivity contribution in [2.24, 2.45) is 5.84 Å². The fourth-order valence-electron chi connectivity index (χ4n) is 2.18. The zero-order valence-corrected chi connectivity index (χ0v) is 13.0. The molecule has 0 spiro atoms. The van der Waals surface area contributed by atoms with Crippen LogP contribution in [0.3, 0.4) is 0 Å². The van der Waals surface area contributed by atoms with Crippen molar-refractivity contribution < 1.29 is 23.5 Å². The summed E-state index contributed by atoms with van der Waals surface area (Å²) in [5.74, 6) is 2.87. The van der Waals surface area contributed by atoms with Gasteiger partial charge in [-0.1, -0.05) is 0 Å². The van der Waals surface area contributed by atoms with E-state index in [9.17, 15) is 18.8 Å². The van der Waals surface area contributed by atoms with E-state index in [1.165, 1.54) is 17.0 Å². The van der Waals surface area contributed by atoms with Gasteiger partial charge in [-0.2, -0.15) is 12.6 Å². The maximum atomic E-state index is 14.0. The van der Waals surface area contributed by atoms with E-state index in [1.807, 2.05) is 5.43 Å². The van der Waals surface area contributed by atoms with Gasteiger partial charge in [0.1, 0.15) is 5.82 Å². The van der Waals surface area contributed by atoms with Crippen molar-refractivity contribution in [2.75, 3.05) is 10.7 Å². The van der Waals surface area contributed by atoms with E-state index >= 15 is 0 Å². The second-order valence-corrected chi connectivity index (χ2v) is 5.09. The first-order chi connectivity index (χ1) is 10.9. The van der Waals surface area contributed by atoms with Crippen molar-refractivity contribution in [3.8, 4) is 0 Å². The van der Waals surface area contributed by atoms with Crippen LogP contribution in [-0.2, 0) is 9.53 Å². The molecule has 3 amide bonds. The van der Waals surface area contributed by atoms with Gasteiger partial charge in [-0.25, -0.2) is 15.0 Å². The van der Waals surface area contributed by atoms with E-state index in [1.54, 1.807) is 6.92 Å². The van der Waals surface area contributed by atoms with Gasteiger partial charge in [-0.15, -0.1) is 0 Å². The molecule has 1 aromatic carbocycles. The maximum Gasteiger partial charge on any atom is 0.416 e. The van der Waals surface area contributed by atoms with Gasteiger partial charge in [0, 0.05) is 0 Å². The van der Waals surface area contributed by atoms with Crippen LogP contribution in [-0.4, -0.2) is 35.9 Å². The number of rotatable bonds is 4. The summed E-state index contributed by atoms with van der Waals surface area (Å²) < 4.78 is 19.0. The molecule has 1 heterocycles. The molecule has 0 bridgehead atoms. The second-order valence-electron chi connectivity index (χ2n) is 4.78. The van der Waals surface area contributed by atoms with E-state index < -0.39 is 36.0 Å². The number of carbonyl (C=O) groups is 3. The lowest BCUT2D eigenvalue weighted by Gasteiger charge is -2.21. The Morgan fingerprint density at radius 1 is 1.48 bits per heavy atom. The third kappa shape index (κ3) is 3.37. The molecule has 0 radical (unpaired) electrons. The number of thiol groups is 1. The molecule has 2 atom stereocenters. The first-order valence-electron chi connectivity index (χ1n) is 6.59. The lowest BCUT2D eigenvalue weighted by molar-refractivity contribution is -0.121. The number of ether oxygens (including phenoxy) is 1. The Hall–Kier alpha value is -2.33. The van der Waals surface area contributed by atoms with E-state index in [0.717, 1.165) is 6.07 Å². The van der Waals surface area contributed by atoms with Gasteiger partial charge in [0.25, 0.3) is 5.91 Å². The van der Waals surface area contributed by atoms with Gasteiger partial charge in [-0.05, 0) is 25.1 Å². The summed E-state index contributed by atoms with van der Waals surface area (Å²) in [5.41, 5.74) is 1.76. The monoisotopic (exact) mass is 342 g/mol. The van der Waals surface area contributed by atoms with Crippen molar-refractivity contribution in [1.29, 1.82) is 0 Å². The van der Waals surface area contributed by atoms with Gasteiger partial charge in [-0.3, -0.25) is 19.9 Å². The maximum absolute atomic E-state index is 14.0. The summed E-state index contributed by atoms with van der Waals surface area (Å²) in [4.78, 5) is 35.9. The number of nitrogens with one attached hydrogen (secondary N) is 2. The van der Waals surface area contributed by atoms with Gasteiger partial charge in [0.15, 0.2) is 6.23 Å². The van der Waals surface area contributed by atoms with Crippen LogP contribution in [0.25, 0.3) is 0 Å². The van der Waals surface area contributed by atoms with Crippen molar-refractivity contribution in [2.45, 2.75) is 19.2 Å². The van der Waals surface area contributed by atoms with E-state index in [2.05, 4.69) is 17.9 Å². The molecule has 10 heteroatoms. The number of halogens is 1. The van der Waals surface area contributed by atoms with E-state index in [-0.39, 0.29) is 17.0 Å². The van der Waals surface area contributed by atoms with Crippen LogP contribution in [0.15, 0.2) is 18.2 Å². The van der Waals surface area contributed by atoms with Crippen molar-refractivity contribution >= 4 is 36.2 Å². The highest BCUT2D eigenvalue weighted by Crippen LogP contribution is 2.27. The summed E-state index contributed by atoms with van der Waals surface area (Å²) in [6.07, 6.45) is -1.62. The molecule has 1 fully saturated rings. The Bertz CT molecular complexity index is 657. The predicted octanol–water partition coefficient (Wildman–Crippen LogP) is 0.146. The lowest BCUT2D eigenvalue weighted by Crippen LogP contribution is -2.44. The molecule has 23 heavy (non-hydrogen) atoms. The number of nitrogens with zero attached hydrogens (tertiary/aromatic N) is 1. The number of nitrogens with two attached hydrogens (primary N) is 1. The number of hydrazine groups is 1. The van der Waals surface area contributed by atoms with Gasteiger partial charge in [0.2, 0.25) is 5.91 Å². The Morgan fingerprint density at radius 3 is 2.74 bits per heavy atom. The molecular formula is C13H15FN4O4S. The number of cyclic esters (lactones) is 1. The third-order valence-electron chi connectivity index (χ3n) is 3.32. The molecule has 1 saturated heterocycles. The molecule has 1 aliphatic heterocycles. The zero-order chi connectivity index (χ0) is 17.1. The van der Waals surface area contributed by atoms with Gasteiger partial charge < -0.3 is 10.1 Å². The predicted molar refractivity (Wildman–Crippen MR) is 82.3 cm³/mol. The molecule has 1 aromatic rings. The van der Waals surface area contributed by atoms with Crippen LogP contribution in [0, 0.1) is 5.82 Å². The topological polar surface area (TPSA) is 114 Å². The van der Waals surface area contributed by atoms with Crippen molar-refractivity contribution in [1.82, 2.24) is 10.7 Å². The van der Waals surface area contributed by atoms with E-state index in [4.69, 9.17) is 10.6 Å². The van der Waals surface area contributed by atoms with Crippen LogP contribution in [0.2, 0.25) is 0 Å². The van der Waals surface area contributed by atoms with Gasteiger partial charge >= 0.3 is 6.09 Å². The Labute approximate surface area is 136 Å². The van der Waals surface area contributed by atoms with Crippen LogP contribution < -0.4 is 21.5 Å². The molecule has 1 unspecified atom stereocenters. The number of carbonyl (C=O) groups excluding carboxylic acids is 3. The average Bonchev–Trinajstić information content (AvgIpc) is 2.80. The largest absolute Gasteiger partial charge is 0.423 e. The van der Waals surface area contributed by atoms with Crippen LogP contribution in [0.1, 0.15) is 17.3 Å². The van der Waals surface area contributed by atoms with Crippen molar-refractivity contribution in [3.63, 3.8) is 0 Å². The molecule has 0 aromatic heterocycles. The van der Waals surface area contributed by atoms with Crippen molar-refractivity contribution in [3.05, 3.63) is 29.6 Å². The average molecular weight is 342 g/mol. The SMILES string of the molecule is CC1[C@@H](NC(=O)CS)OC(=O)N1c1ccc(C(=O)NN)c(F)c1. The first kappa shape index (κ1) is 17.0. The minimum Gasteiger partial charge on any atom is -0.423 e. The van der Waals surface area contributed by atoms with E-state index in [0.29, 0.717) is 0 Å². The van der Waals surface area contributed by atoms with Crippen LogP contribution in [0.5, 0.6) is 0 Å². The van der Waals surface area contributed by atoms with Gasteiger partial charge in [0.05, 0.1) is 23.0 Å². The summed E-state index contributed by atoms with van der Waals surface area (Å²) in [6.45, 7) is 1.63. The lowest BCUT2D eigenvalue weighted by atomic mass is 10.1. The molecule has 8 nitrogen and oxygen atoms in total. The summed E-state index contributed by atoms with van der Waals surface area (Å²) in [7, 11) is 0. The van der Waals surface area contributed by atoms with Crippen LogP contribution >= 0.6 is 12.6 Å². The number of nitrogen functional groups attached to an aromatic ring is 1. The highest BCUT2D eigenvalue weighted by atomic mass is 32.1. The highest BCUT2D eigenvalue weighted by Gasteiger charge is 2.40. The normalized spacial score (nSPS) is 20.2. The molecule has 124 valence electrons. The zero-order valence-electron chi connectivity index (χ0n) is 12.1. The second kappa shape index (κ2) is 6.84. The number of hydrogen-bond acceptors (Lipinski definition) is 6. The quantitative estimate of drug-likeness (QED) is 0.269. The minimum absolute atomic E-state index is 0.0572. The minimum atomic E-state index is -0.878. The summed E-state index contributed by atoms with van der Waals surface area (Å²) in [5, 5.41) is 2.49. The number of anilines is 1. The molecule has 0 saturated carbocycles. The molecule has 0 aliphatic carbocycles. The Kier molecular flexibility index (Phi) is 5.06. The third-order valence-corrected chi connectivity index (χ3v) is 3.61. The first-order valence-corrected chi connectivity index (χ1v) is 7.22. The fourth-order valence-corrected chi connectivity index (χ4v) is 2.27. The number of hydrogen-bond donors (Lipinski definition) is 4. The standard InChI is InChI=1S/C13H15FN4O4S/c1-6-12(16-10(19)5-23)22-13(21)18(6)7-2-3-8(9(14)4-7)11(20)17-15/h2-4,6,12,23H,5,15H2,1H3,(H,16,19)(H,17,20)/t6?,12-/m0/s1. The molecular weight excluding hydrogens is 327 g/mol. The summed E-state index contributed by atoms with van der Waals surface area (Å²) in [6, 6.07) is 3.03. The Morgan fingerprint density at radius 2 is 2.17 bits per heavy atom. The smallest absolute Gasteiger partial charge is 0.416 e. The highest BCUT2D eigenvalue weighted by molar-refractivity contribution is 7.81. The summed E-state index contributed by atoms with van der Waals surface area (Å²) >= 11 is 3.82. The Balaban J connectivity index is 2.24. The van der Waals surface area contributed by atoms with Crippen LogP contribution in [0.4, 0.5) is 14.9 Å². The number of amides is 3. The molecule has 4 N–H and O–H groups in total. The molecule has 2 rings (SSSR count). The number of benzene rings is 1. The molecule has 1 aliphatic rings.